The molecule has 1 heteroatoms. The Kier molecular flexibility index (Phi) is 2.98. The normalized spacial score (nSPS) is 11.7. The molecule has 0 aliphatic heterocycles. The van der Waals surface area contributed by atoms with Gasteiger partial charge in [-0.15, -0.1) is 0 Å². The first kappa shape index (κ1) is 14.3. The maximum absolute atomic E-state index is 10.6. The van der Waals surface area contributed by atoms with Crippen molar-refractivity contribution >= 4 is 32.3 Å². The molecule has 0 saturated heterocycles. The molecule has 5 aromatic rings. The lowest BCUT2D eigenvalue weighted by molar-refractivity contribution is 0.481. The molecule has 0 aliphatic carbocycles. The quantitative estimate of drug-likeness (QED) is 0.384. The number of benzene rings is 5. The fourth-order valence-electron chi connectivity index (χ4n) is 3.96. The van der Waals surface area contributed by atoms with Crippen molar-refractivity contribution in [3.05, 3.63) is 89.5 Å². The third kappa shape index (κ3) is 2.16. The van der Waals surface area contributed by atoms with Crippen molar-refractivity contribution in [3.8, 4) is 5.75 Å². The summed E-state index contributed by atoms with van der Waals surface area (Å²) < 4.78 is 0. The van der Waals surface area contributed by atoms with Gasteiger partial charge in [0.1, 0.15) is 5.75 Å². The molecule has 0 radical (unpaired) electrons. The molecule has 25 heavy (non-hydrogen) atoms. The number of aryl methyl sites for hydroxylation is 1. The molecule has 0 atom stereocenters. The Morgan fingerprint density at radius 3 is 2.12 bits per heavy atom. The highest BCUT2D eigenvalue weighted by Gasteiger charge is 2.14. The average Bonchev–Trinajstić information content (AvgIpc) is 2.63. The molecular formula is C24H18O. The molecular weight excluding hydrogens is 304 g/mol. The molecule has 0 saturated carbocycles. The first-order chi connectivity index (χ1) is 12.2. The Morgan fingerprint density at radius 2 is 1.40 bits per heavy atom. The van der Waals surface area contributed by atoms with Gasteiger partial charge in [0.05, 0.1) is 0 Å². The van der Waals surface area contributed by atoms with Gasteiger partial charge in [-0.05, 0) is 52.1 Å². The van der Waals surface area contributed by atoms with Crippen LogP contribution in [-0.4, -0.2) is 5.11 Å². The van der Waals surface area contributed by atoms with Crippen molar-refractivity contribution in [2.24, 2.45) is 0 Å². The van der Waals surface area contributed by atoms with Crippen LogP contribution in [0.5, 0.6) is 5.75 Å². The standard InChI is InChI=1S/C24H18O/c1-15-5-7-16(8-6-15)13-19-14-22(25)21-12-10-18-4-2-3-17-9-11-20(19)24(21)23(17)18/h2-12,14,25H,13H2,1H3. The van der Waals surface area contributed by atoms with E-state index in [1.807, 2.05) is 12.1 Å². The lowest BCUT2D eigenvalue weighted by Gasteiger charge is -2.15. The van der Waals surface area contributed by atoms with Crippen LogP contribution in [-0.2, 0) is 6.42 Å². The van der Waals surface area contributed by atoms with Gasteiger partial charge >= 0.3 is 0 Å². The third-order valence-corrected chi connectivity index (χ3v) is 5.22. The van der Waals surface area contributed by atoms with E-state index in [4.69, 9.17) is 0 Å². The number of phenols is 1. The number of rotatable bonds is 2. The second-order valence-electron chi connectivity index (χ2n) is 6.90. The number of hydrogen-bond donors (Lipinski definition) is 1. The first-order valence-electron chi connectivity index (χ1n) is 8.64. The molecule has 5 rings (SSSR count). The molecule has 1 N–H and O–H groups in total. The lowest BCUT2D eigenvalue weighted by Crippen LogP contribution is -1.93. The molecule has 0 bridgehead atoms. The van der Waals surface area contributed by atoms with Crippen LogP contribution >= 0.6 is 0 Å². The van der Waals surface area contributed by atoms with E-state index in [0.29, 0.717) is 5.75 Å². The SMILES string of the molecule is Cc1ccc(Cc2cc(O)c3ccc4cccc5ccc2c3c45)cc1. The Hall–Kier alpha value is -3.06. The van der Waals surface area contributed by atoms with Crippen LogP contribution in [0.2, 0.25) is 0 Å². The molecule has 0 fully saturated rings. The fraction of sp³-hybridized carbons (Fsp3) is 0.0833. The van der Waals surface area contributed by atoms with Gasteiger partial charge in [-0.1, -0.05) is 72.3 Å². The summed E-state index contributed by atoms with van der Waals surface area (Å²) in [5.41, 5.74) is 3.70. The average molecular weight is 322 g/mol. The Labute approximate surface area is 146 Å². The second-order valence-corrected chi connectivity index (χ2v) is 6.90. The molecule has 0 heterocycles. The highest BCUT2D eigenvalue weighted by molar-refractivity contribution is 6.24. The summed E-state index contributed by atoms with van der Waals surface area (Å²) in [5.74, 6) is 0.368. The van der Waals surface area contributed by atoms with Gasteiger partial charge in [0.15, 0.2) is 0 Å². The summed E-state index contributed by atoms with van der Waals surface area (Å²) in [4.78, 5) is 0. The zero-order valence-electron chi connectivity index (χ0n) is 14.1. The van der Waals surface area contributed by atoms with Crippen molar-refractivity contribution in [2.75, 3.05) is 0 Å². The third-order valence-electron chi connectivity index (χ3n) is 5.22. The van der Waals surface area contributed by atoms with Crippen LogP contribution in [0, 0.1) is 6.92 Å². The zero-order valence-corrected chi connectivity index (χ0v) is 14.1. The van der Waals surface area contributed by atoms with Crippen molar-refractivity contribution < 1.29 is 5.11 Å². The summed E-state index contributed by atoms with van der Waals surface area (Å²) >= 11 is 0. The van der Waals surface area contributed by atoms with Gasteiger partial charge in [0, 0.05) is 10.8 Å². The molecule has 0 amide bonds. The van der Waals surface area contributed by atoms with E-state index < -0.39 is 0 Å². The van der Waals surface area contributed by atoms with Crippen LogP contribution in [0.15, 0.2) is 72.8 Å². The van der Waals surface area contributed by atoms with Gasteiger partial charge in [0.25, 0.3) is 0 Å². The van der Waals surface area contributed by atoms with Crippen LogP contribution in [0.3, 0.4) is 0 Å². The van der Waals surface area contributed by atoms with Crippen molar-refractivity contribution in [3.63, 3.8) is 0 Å². The topological polar surface area (TPSA) is 20.2 Å². The fourth-order valence-corrected chi connectivity index (χ4v) is 3.96. The summed E-state index contributed by atoms with van der Waals surface area (Å²) in [6, 6.07) is 25.5. The van der Waals surface area contributed by atoms with Crippen LogP contribution in [0.1, 0.15) is 16.7 Å². The van der Waals surface area contributed by atoms with Crippen LogP contribution in [0.25, 0.3) is 32.3 Å². The zero-order chi connectivity index (χ0) is 17.0. The minimum absolute atomic E-state index is 0.368. The van der Waals surface area contributed by atoms with Gasteiger partial charge in [0.2, 0.25) is 0 Å². The number of phenolic OH excluding ortho intramolecular Hbond substituents is 1. The number of hydrogen-bond acceptors (Lipinski definition) is 1. The molecule has 120 valence electrons. The van der Waals surface area contributed by atoms with E-state index >= 15 is 0 Å². The molecule has 0 unspecified atom stereocenters. The largest absolute Gasteiger partial charge is 0.507 e. The molecule has 0 spiro atoms. The highest BCUT2D eigenvalue weighted by Crippen LogP contribution is 2.40. The maximum Gasteiger partial charge on any atom is 0.123 e. The van der Waals surface area contributed by atoms with E-state index in [2.05, 4.69) is 67.6 Å². The second kappa shape index (κ2) is 5.22. The Balaban J connectivity index is 1.83. The van der Waals surface area contributed by atoms with Gasteiger partial charge in [-0.2, -0.15) is 0 Å². The predicted octanol–water partition coefficient (Wildman–Crippen LogP) is 6.19. The summed E-state index contributed by atoms with van der Waals surface area (Å²) in [6.45, 7) is 2.10. The van der Waals surface area contributed by atoms with E-state index in [0.717, 1.165) is 11.8 Å². The van der Waals surface area contributed by atoms with Crippen molar-refractivity contribution in [1.82, 2.24) is 0 Å². The van der Waals surface area contributed by atoms with Gasteiger partial charge < -0.3 is 5.11 Å². The van der Waals surface area contributed by atoms with Crippen LogP contribution < -0.4 is 0 Å². The Bertz CT molecular complexity index is 1200. The minimum atomic E-state index is 0.368. The number of aromatic hydroxyl groups is 1. The van der Waals surface area contributed by atoms with E-state index in [-0.39, 0.29) is 0 Å². The summed E-state index contributed by atoms with van der Waals surface area (Å²) in [6.07, 6.45) is 0.821. The van der Waals surface area contributed by atoms with E-state index in [1.54, 1.807) is 0 Å². The van der Waals surface area contributed by atoms with Gasteiger partial charge in [-0.3, -0.25) is 0 Å². The Morgan fingerprint density at radius 1 is 0.720 bits per heavy atom. The van der Waals surface area contributed by atoms with Crippen LogP contribution in [0.4, 0.5) is 0 Å². The highest BCUT2D eigenvalue weighted by atomic mass is 16.3. The molecule has 5 aromatic carbocycles. The summed E-state index contributed by atoms with van der Waals surface area (Å²) in [7, 11) is 0. The molecule has 0 aliphatic rings. The molecule has 0 aromatic heterocycles. The van der Waals surface area contributed by atoms with Gasteiger partial charge in [-0.25, -0.2) is 0 Å². The summed E-state index contributed by atoms with van der Waals surface area (Å²) in [5, 5.41) is 17.7. The predicted molar refractivity (Wildman–Crippen MR) is 106 cm³/mol. The smallest absolute Gasteiger partial charge is 0.123 e. The maximum atomic E-state index is 10.6. The molecule has 1 nitrogen and oxygen atoms in total. The monoisotopic (exact) mass is 322 g/mol. The lowest BCUT2D eigenvalue weighted by atomic mass is 9.89. The first-order valence-corrected chi connectivity index (χ1v) is 8.64. The van der Waals surface area contributed by atoms with Crippen molar-refractivity contribution in [2.45, 2.75) is 13.3 Å². The van der Waals surface area contributed by atoms with Crippen molar-refractivity contribution in [1.29, 1.82) is 0 Å². The van der Waals surface area contributed by atoms with E-state index in [1.165, 1.54) is 43.6 Å². The minimum Gasteiger partial charge on any atom is -0.507 e. The van der Waals surface area contributed by atoms with E-state index in [9.17, 15) is 5.11 Å².